The largest absolute Gasteiger partial charge is 0.457 e. The number of ether oxygens (including phenoxy) is 2. The molecule has 0 bridgehead atoms. The second-order valence-corrected chi connectivity index (χ2v) is 16.5. The Bertz CT molecular complexity index is 1630. The maximum absolute atomic E-state index is 6.47. The van der Waals surface area contributed by atoms with Gasteiger partial charge in [-0.3, -0.25) is 0 Å². The fraction of sp³-hybridized carbons (Fsp3) is 0.500. The maximum Gasteiger partial charge on any atom is 0.133 e. The smallest absolute Gasteiger partial charge is 0.133 e. The van der Waals surface area contributed by atoms with Crippen molar-refractivity contribution in [3.8, 4) is 23.0 Å². The predicted octanol–water partition coefficient (Wildman–Crippen LogP) is 13.7. The van der Waals surface area contributed by atoms with Crippen LogP contribution in [0.1, 0.15) is 137 Å². The summed E-state index contributed by atoms with van der Waals surface area (Å²) in [7, 11) is 0. The van der Waals surface area contributed by atoms with Crippen LogP contribution in [0.2, 0.25) is 0 Å². The molecule has 278 valence electrons. The van der Waals surface area contributed by atoms with Crippen LogP contribution in [0.15, 0.2) is 72.8 Å². The highest BCUT2D eigenvalue weighted by atomic mass is 16.5. The first-order chi connectivity index (χ1) is 25.1. The average molecular weight is 701 g/mol. The molecule has 0 amide bonds. The predicted molar refractivity (Wildman–Crippen MR) is 220 cm³/mol. The van der Waals surface area contributed by atoms with Gasteiger partial charge in [0.1, 0.15) is 23.0 Å². The van der Waals surface area contributed by atoms with E-state index in [1.165, 1.54) is 94.6 Å². The molecule has 0 saturated heterocycles. The van der Waals surface area contributed by atoms with Gasteiger partial charge in [-0.25, -0.2) is 0 Å². The van der Waals surface area contributed by atoms with Gasteiger partial charge in [0.05, 0.1) is 0 Å². The van der Waals surface area contributed by atoms with Crippen LogP contribution >= 0.6 is 0 Å². The summed E-state index contributed by atoms with van der Waals surface area (Å²) in [5.41, 5.74) is 21.0. The standard InChI is InChI=1S/C48H64N2O2/c1-6-7-8-9-10-11-14-37-19-21-38(22-20-37)39-23-25-48(26-24-39,40-27-33(2)46(34(3)28-40)51-44-17-12-15-42(49)31-44)41-29-35(4)47(36(5)30-41)52-45-18-13-16-43(50)32-45/h12-13,15-18,27-32,37-39H,6-11,14,19-26,49-50H2,1-5H3/t37-,38-. The number of unbranched alkanes of at least 4 members (excludes halogenated alkanes) is 5. The molecule has 0 radical (unpaired) electrons. The molecule has 2 saturated carbocycles. The van der Waals surface area contributed by atoms with Crippen molar-refractivity contribution in [1.82, 2.24) is 0 Å². The van der Waals surface area contributed by atoms with Gasteiger partial charge in [-0.15, -0.1) is 0 Å². The normalized spacial score (nSPS) is 19.0. The minimum atomic E-state index is -0.0675. The van der Waals surface area contributed by atoms with Crippen molar-refractivity contribution >= 4 is 11.4 Å². The molecule has 4 heteroatoms. The summed E-state index contributed by atoms with van der Waals surface area (Å²) in [5.74, 6) is 6.07. The molecule has 0 heterocycles. The van der Waals surface area contributed by atoms with E-state index in [-0.39, 0.29) is 5.41 Å². The molecule has 0 aliphatic heterocycles. The van der Waals surface area contributed by atoms with E-state index in [2.05, 4.69) is 58.9 Å². The van der Waals surface area contributed by atoms with Gasteiger partial charge in [0.2, 0.25) is 0 Å². The molecule has 0 unspecified atom stereocenters. The first-order valence-electron chi connectivity index (χ1n) is 20.5. The Labute approximate surface area is 314 Å². The SMILES string of the molecule is CCCCCCCC[C@H]1CC[C@H](C2CCC(c3cc(C)c(Oc4cccc(N)c4)c(C)c3)(c3cc(C)c(Oc4cccc(N)c4)c(C)c3)CC2)CC1. The van der Waals surface area contributed by atoms with E-state index in [0.717, 1.165) is 75.8 Å². The highest BCUT2D eigenvalue weighted by Gasteiger charge is 2.42. The van der Waals surface area contributed by atoms with Crippen molar-refractivity contribution in [2.24, 2.45) is 17.8 Å². The molecule has 2 aliphatic carbocycles. The Morgan fingerprint density at radius 2 is 1.00 bits per heavy atom. The van der Waals surface area contributed by atoms with Gasteiger partial charge >= 0.3 is 0 Å². The summed E-state index contributed by atoms with van der Waals surface area (Å²) in [5, 5.41) is 0. The highest BCUT2D eigenvalue weighted by Crippen LogP contribution is 2.52. The van der Waals surface area contributed by atoms with Gasteiger partial charge in [0, 0.05) is 28.9 Å². The van der Waals surface area contributed by atoms with E-state index in [9.17, 15) is 0 Å². The number of nitrogen functional groups attached to an aromatic ring is 2. The Morgan fingerprint density at radius 3 is 1.46 bits per heavy atom. The van der Waals surface area contributed by atoms with Crippen LogP contribution in [0, 0.1) is 45.4 Å². The first-order valence-corrected chi connectivity index (χ1v) is 20.5. The van der Waals surface area contributed by atoms with Crippen molar-refractivity contribution in [2.45, 2.75) is 136 Å². The molecule has 4 aromatic carbocycles. The lowest BCUT2D eigenvalue weighted by atomic mass is 9.59. The van der Waals surface area contributed by atoms with Crippen LogP contribution < -0.4 is 20.9 Å². The van der Waals surface area contributed by atoms with Crippen LogP contribution in [0.3, 0.4) is 0 Å². The second kappa shape index (κ2) is 17.3. The Balaban J connectivity index is 1.23. The minimum Gasteiger partial charge on any atom is -0.457 e. The molecule has 6 rings (SSSR count). The molecular weight excluding hydrogens is 637 g/mol. The van der Waals surface area contributed by atoms with E-state index in [1.54, 1.807) is 0 Å². The molecule has 4 aromatic rings. The van der Waals surface area contributed by atoms with E-state index >= 15 is 0 Å². The molecule has 4 nitrogen and oxygen atoms in total. The molecule has 2 fully saturated rings. The van der Waals surface area contributed by atoms with E-state index in [0.29, 0.717) is 11.4 Å². The number of hydrogen-bond donors (Lipinski definition) is 2. The number of nitrogens with two attached hydrogens (primary N) is 2. The van der Waals surface area contributed by atoms with Crippen LogP contribution in [0.4, 0.5) is 11.4 Å². The van der Waals surface area contributed by atoms with Crippen molar-refractivity contribution in [1.29, 1.82) is 0 Å². The third-order valence-electron chi connectivity index (χ3n) is 12.6. The lowest BCUT2D eigenvalue weighted by molar-refractivity contribution is 0.140. The van der Waals surface area contributed by atoms with Crippen molar-refractivity contribution in [2.75, 3.05) is 11.5 Å². The van der Waals surface area contributed by atoms with Crippen LogP contribution in [-0.4, -0.2) is 0 Å². The molecule has 2 aliphatic rings. The Kier molecular flexibility index (Phi) is 12.6. The summed E-state index contributed by atoms with van der Waals surface area (Å²) in [6.07, 6.45) is 20.6. The number of hydrogen-bond acceptors (Lipinski definition) is 4. The van der Waals surface area contributed by atoms with Gasteiger partial charge in [0.15, 0.2) is 0 Å². The zero-order valence-electron chi connectivity index (χ0n) is 32.7. The van der Waals surface area contributed by atoms with Crippen LogP contribution in [-0.2, 0) is 5.41 Å². The third kappa shape index (κ3) is 8.99. The molecule has 0 aromatic heterocycles. The van der Waals surface area contributed by atoms with Gasteiger partial charge in [-0.05, 0) is 142 Å². The first kappa shape index (κ1) is 37.8. The number of anilines is 2. The van der Waals surface area contributed by atoms with Crippen molar-refractivity contribution in [3.05, 3.63) is 106 Å². The summed E-state index contributed by atoms with van der Waals surface area (Å²) in [6.45, 7) is 11.1. The lowest BCUT2D eigenvalue weighted by Crippen LogP contribution is -2.36. The zero-order chi connectivity index (χ0) is 36.7. The maximum atomic E-state index is 6.47. The van der Waals surface area contributed by atoms with Crippen LogP contribution in [0.25, 0.3) is 0 Å². The Hall–Kier alpha value is -3.92. The van der Waals surface area contributed by atoms with Crippen molar-refractivity contribution in [3.63, 3.8) is 0 Å². The van der Waals surface area contributed by atoms with Crippen LogP contribution in [0.5, 0.6) is 23.0 Å². The molecular formula is C48H64N2O2. The quantitative estimate of drug-likeness (QED) is 0.101. The number of benzene rings is 4. The summed E-state index contributed by atoms with van der Waals surface area (Å²) < 4.78 is 12.9. The molecule has 52 heavy (non-hydrogen) atoms. The fourth-order valence-corrected chi connectivity index (χ4v) is 9.68. The van der Waals surface area contributed by atoms with E-state index in [4.69, 9.17) is 20.9 Å². The second-order valence-electron chi connectivity index (χ2n) is 16.5. The summed E-state index contributed by atoms with van der Waals surface area (Å²) in [4.78, 5) is 0. The van der Waals surface area contributed by atoms with Gasteiger partial charge in [-0.1, -0.05) is 101 Å². The minimum absolute atomic E-state index is 0.0675. The van der Waals surface area contributed by atoms with Crippen molar-refractivity contribution < 1.29 is 9.47 Å². The number of rotatable bonds is 14. The number of aryl methyl sites for hydroxylation is 4. The zero-order valence-corrected chi connectivity index (χ0v) is 32.7. The van der Waals surface area contributed by atoms with E-state index in [1.807, 2.05) is 48.5 Å². The monoisotopic (exact) mass is 700 g/mol. The summed E-state index contributed by atoms with van der Waals surface area (Å²) in [6, 6.07) is 25.1. The third-order valence-corrected chi connectivity index (χ3v) is 12.6. The highest BCUT2D eigenvalue weighted by molar-refractivity contribution is 5.55. The van der Waals surface area contributed by atoms with E-state index < -0.39 is 0 Å². The lowest BCUT2D eigenvalue weighted by Gasteiger charge is -2.45. The summed E-state index contributed by atoms with van der Waals surface area (Å²) >= 11 is 0. The molecule has 4 N–H and O–H groups in total. The topological polar surface area (TPSA) is 70.5 Å². The Morgan fingerprint density at radius 1 is 0.558 bits per heavy atom. The average Bonchev–Trinajstić information content (AvgIpc) is 3.13. The van der Waals surface area contributed by atoms with Gasteiger partial charge in [0.25, 0.3) is 0 Å². The molecule has 0 spiro atoms. The fourth-order valence-electron chi connectivity index (χ4n) is 9.68. The van der Waals surface area contributed by atoms with Gasteiger partial charge in [-0.2, -0.15) is 0 Å². The molecule has 0 atom stereocenters. The van der Waals surface area contributed by atoms with Gasteiger partial charge < -0.3 is 20.9 Å².